The maximum absolute atomic E-state index is 12.6. The van der Waals surface area contributed by atoms with Gasteiger partial charge in [-0.15, -0.1) is 12.4 Å². The average molecular weight is 355 g/mol. The molecular weight excluding hydrogens is 335 g/mol. The van der Waals surface area contributed by atoms with Gasteiger partial charge in [0.25, 0.3) is 5.91 Å². The van der Waals surface area contributed by atoms with Crippen LogP contribution in [0.15, 0.2) is 36.7 Å². The second-order valence-electron chi connectivity index (χ2n) is 5.57. The largest absolute Gasteiger partial charge is 0.333 e. The zero-order valence-electron chi connectivity index (χ0n) is 12.9. The first-order valence-electron chi connectivity index (χ1n) is 7.42. The fraction of sp³-hybridized carbons (Fsp3) is 0.375. The van der Waals surface area contributed by atoms with Crippen molar-refractivity contribution < 1.29 is 4.79 Å². The topological polar surface area (TPSA) is 50.2 Å². The minimum absolute atomic E-state index is 0. The minimum atomic E-state index is 0. The molecule has 124 valence electrons. The highest BCUT2D eigenvalue weighted by Crippen LogP contribution is 2.16. The summed E-state index contributed by atoms with van der Waals surface area (Å²) in [5, 5.41) is 8.28. The lowest BCUT2D eigenvalue weighted by Crippen LogP contribution is -2.52. The first-order valence-corrected chi connectivity index (χ1v) is 7.80. The van der Waals surface area contributed by atoms with E-state index in [0.717, 1.165) is 25.2 Å². The molecule has 1 aromatic carbocycles. The minimum Gasteiger partial charge on any atom is -0.333 e. The summed E-state index contributed by atoms with van der Waals surface area (Å²) in [7, 11) is 0. The normalized spacial score (nSPS) is 17.7. The number of carbonyl (C=O) groups is 1. The summed E-state index contributed by atoms with van der Waals surface area (Å²) in [5.41, 5.74) is 1.61. The lowest BCUT2D eigenvalue weighted by Gasteiger charge is -2.33. The van der Waals surface area contributed by atoms with Gasteiger partial charge in [0.2, 0.25) is 0 Å². The molecule has 7 heteroatoms. The van der Waals surface area contributed by atoms with Crippen molar-refractivity contribution in [1.29, 1.82) is 0 Å². The molecule has 3 rings (SSSR count). The Hall–Kier alpha value is -1.56. The van der Waals surface area contributed by atoms with E-state index in [1.54, 1.807) is 17.1 Å². The number of nitrogens with zero attached hydrogens (tertiary/aromatic N) is 3. The highest BCUT2D eigenvalue weighted by molar-refractivity contribution is 6.31. The number of hydrogen-bond donors (Lipinski definition) is 1. The van der Waals surface area contributed by atoms with E-state index in [0.29, 0.717) is 17.1 Å². The lowest BCUT2D eigenvalue weighted by atomic mass is 10.2. The maximum atomic E-state index is 12.6. The molecule has 1 aliphatic rings. The summed E-state index contributed by atoms with van der Waals surface area (Å²) in [6, 6.07) is 7.86. The molecule has 1 fully saturated rings. The molecule has 0 radical (unpaired) electrons. The van der Waals surface area contributed by atoms with Crippen molar-refractivity contribution in [2.75, 3.05) is 19.6 Å². The Morgan fingerprint density at radius 2 is 2.22 bits per heavy atom. The van der Waals surface area contributed by atoms with Crippen molar-refractivity contribution in [2.24, 2.45) is 0 Å². The molecule has 0 saturated carbocycles. The van der Waals surface area contributed by atoms with Gasteiger partial charge in [-0.25, -0.2) is 0 Å². The van der Waals surface area contributed by atoms with Crippen LogP contribution in [0.25, 0.3) is 0 Å². The first kappa shape index (κ1) is 17.8. The van der Waals surface area contributed by atoms with Crippen molar-refractivity contribution in [3.8, 4) is 0 Å². The number of amides is 1. The van der Waals surface area contributed by atoms with Gasteiger partial charge in [-0.05, 0) is 18.6 Å². The van der Waals surface area contributed by atoms with E-state index in [4.69, 9.17) is 11.6 Å². The van der Waals surface area contributed by atoms with Gasteiger partial charge >= 0.3 is 0 Å². The molecule has 1 aliphatic heterocycles. The second-order valence-corrected chi connectivity index (χ2v) is 5.98. The van der Waals surface area contributed by atoms with Crippen LogP contribution < -0.4 is 5.32 Å². The van der Waals surface area contributed by atoms with E-state index in [1.165, 1.54) is 0 Å². The monoisotopic (exact) mass is 354 g/mol. The Labute approximate surface area is 147 Å². The van der Waals surface area contributed by atoms with Gasteiger partial charge in [-0.3, -0.25) is 9.48 Å². The van der Waals surface area contributed by atoms with Gasteiger partial charge in [-0.2, -0.15) is 5.10 Å². The molecule has 5 nitrogen and oxygen atoms in total. The summed E-state index contributed by atoms with van der Waals surface area (Å²) >= 11 is 6.16. The first-order chi connectivity index (χ1) is 10.6. The number of rotatable bonds is 3. The van der Waals surface area contributed by atoms with Crippen molar-refractivity contribution >= 4 is 29.9 Å². The summed E-state index contributed by atoms with van der Waals surface area (Å²) in [4.78, 5) is 14.5. The molecule has 1 saturated heterocycles. The van der Waals surface area contributed by atoms with Crippen LogP contribution >= 0.6 is 24.0 Å². The lowest BCUT2D eigenvalue weighted by molar-refractivity contribution is 0.0655. The van der Waals surface area contributed by atoms with Crippen LogP contribution in [-0.2, 0) is 6.54 Å². The third-order valence-corrected chi connectivity index (χ3v) is 4.30. The number of benzene rings is 1. The molecule has 1 aromatic heterocycles. The molecule has 0 bridgehead atoms. The fourth-order valence-corrected chi connectivity index (χ4v) is 2.87. The van der Waals surface area contributed by atoms with Crippen LogP contribution in [0.3, 0.4) is 0 Å². The maximum Gasteiger partial charge on any atom is 0.257 e. The number of piperazine rings is 1. The molecular formula is C16H20Cl2N4O. The summed E-state index contributed by atoms with van der Waals surface area (Å²) < 4.78 is 1.75. The van der Waals surface area contributed by atoms with Gasteiger partial charge in [0.05, 0.1) is 18.3 Å². The highest BCUT2D eigenvalue weighted by Gasteiger charge is 2.24. The van der Waals surface area contributed by atoms with Gasteiger partial charge in [-0.1, -0.05) is 29.8 Å². The number of nitrogens with one attached hydrogen (secondary N) is 1. The molecule has 2 aromatic rings. The number of aromatic nitrogens is 2. The van der Waals surface area contributed by atoms with E-state index in [2.05, 4.69) is 17.3 Å². The SMILES string of the molecule is C[C@@H]1CNCCN1C(=O)c1cnn(Cc2ccccc2Cl)c1.Cl. The number of carbonyl (C=O) groups excluding carboxylic acids is 1. The van der Waals surface area contributed by atoms with E-state index in [1.807, 2.05) is 29.2 Å². The zero-order chi connectivity index (χ0) is 15.5. The second kappa shape index (κ2) is 7.81. The molecule has 2 heterocycles. The van der Waals surface area contributed by atoms with Crippen molar-refractivity contribution in [3.63, 3.8) is 0 Å². The molecule has 1 atom stereocenters. The predicted molar refractivity (Wildman–Crippen MR) is 93.4 cm³/mol. The van der Waals surface area contributed by atoms with E-state index in [-0.39, 0.29) is 24.4 Å². The summed E-state index contributed by atoms with van der Waals surface area (Å²) in [6.45, 7) is 5.02. The Morgan fingerprint density at radius 1 is 1.43 bits per heavy atom. The standard InChI is InChI=1S/C16H19ClN4O.ClH/c1-12-8-18-6-7-21(12)16(22)14-9-19-20(11-14)10-13-4-2-3-5-15(13)17;/h2-5,9,11-12,18H,6-8,10H2,1H3;1H/t12-;/m1./s1. The Kier molecular flexibility index (Phi) is 6.04. The van der Waals surface area contributed by atoms with Gasteiger partial charge < -0.3 is 10.2 Å². The molecule has 1 amide bonds. The van der Waals surface area contributed by atoms with Gasteiger partial charge in [0.15, 0.2) is 0 Å². The summed E-state index contributed by atoms with van der Waals surface area (Å²) in [5.74, 6) is 0.0411. The van der Waals surface area contributed by atoms with E-state index in [9.17, 15) is 4.79 Å². The zero-order valence-corrected chi connectivity index (χ0v) is 14.5. The van der Waals surface area contributed by atoms with Crippen molar-refractivity contribution in [1.82, 2.24) is 20.0 Å². The van der Waals surface area contributed by atoms with Crippen LogP contribution in [-0.4, -0.2) is 46.3 Å². The third-order valence-electron chi connectivity index (χ3n) is 3.93. The van der Waals surface area contributed by atoms with Gasteiger partial charge in [0, 0.05) is 36.9 Å². The van der Waals surface area contributed by atoms with Crippen molar-refractivity contribution in [3.05, 3.63) is 52.8 Å². The molecule has 1 N–H and O–H groups in total. The van der Waals surface area contributed by atoms with Gasteiger partial charge in [0.1, 0.15) is 0 Å². The van der Waals surface area contributed by atoms with Crippen LogP contribution in [0.4, 0.5) is 0 Å². The smallest absolute Gasteiger partial charge is 0.257 e. The quantitative estimate of drug-likeness (QED) is 0.920. The Morgan fingerprint density at radius 3 is 2.96 bits per heavy atom. The average Bonchev–Trinajstić information content (AvgIpc) is 2.98. The molecule has 0 unspecified atom stereocenters. The predicted octanol–water partition coefficient (Wildman–Crippen LogP) is 2.44. The van der Waals surface area contributed by atoms with E-state index >= 15 is 0 Å². The summed E-state index contributed by atoms with van der Waals surface area (Å²) in [6.07, 6.45) is 3.42. The molecule has 23 heavy (non-hydrogen) atoms. The Balaban J connectivity index is 0.00000192. The Bertz CT molecular complexity index is 674. The third kappa shape index (κ3) is 4.05. The fourth-order valence-electron chi connectivity index (χ4n) is 2.67. The van der Waals surface area contributed by atoms with Crippen molar-refractivity contribution in [2.45, 2.75) is 19.5 Å². The molecule has 0 aliphatic carbocycles. The van der Waals surface area contributed by atoms with E-state index < -0.39 is 0 Å². The van der Waals surface area contributed by atoms with Crippen LogP contribution in [0, 0.1) is 0 Å². The highest BCUT2D eigenvalue weighted by atomic mass is 35.5. The van der Waals surface area contributed by atoms with Crippen LogP contribution in [0.5, 0.6) is 0 Å². The van der Waals surface area contributed by atoms with Crippen LogP contribution in [0.1, 0.15) is 22.8 Å². The molecule has 0 spiro atoms. The number of halogens is 2. The number of hydrogen-bond acceptors (Lipinski definition) is 3. The van der Waals surface area contributed by atoms with Crippen LogP contribution in [0.2, 0.25) is 5.02 Å².